The molecule has 1 fully saturated rings. The van der Waals surface area contributed by atoms with Crippen LogP contribution in [-0.4, -0.2) is 57.3 Å². The van der Waals surface area contributed by atoms with Crippen LogP contribution in [-0.2, 0) is 4.79 Å². The number of nitrogens with one attached hydrogen (secondary N) is 2. The van der Waals surface area contributed by atoms with Crippen molar-refractivity contribution in [1.29, 1.82) is 0 Å². The second kappa shape index (κ2) is 10.1. The van der Waals surface area contributed by atoms with Gasteiger partial charge in [0.2, 0.25) is 11.8 Å². The molecule has 0 radical (unpaired) electrons. The minimum Gasteiger partial charge on any atom is -0.474 e. The Hall–Kier alpha value is -3.91. The molecule has 35 heavy (non-hydrogen) atoms. The van der Waals surface area contributed by atoms with Crippen LogP contribution in [0.4, 0.5) is 5.82 Å². The first-order chi connectivity index (χ1) is 17.1. The van der Waals surface area contributed by atoms with Crippen LogP contribution < -0.4 is 10.1 Å². The maximum atomic E-state index is 13.2. The fourth-order valence-corrected chi connectivity index (χ4v) is 4.42. The molecule has 4 heterocycles. The zero-order valence-electron chi connectivity index (χ0n) is 18.9. The molecule has 0 saturated carbocycles. The van der Waals surface area contributed by atoms with Crippen molar-refractivity contribution in [3.8, 4) is 5.88 Å². The van der Waals surface area contributed by atoms with Crippen molar-refractivity contribution in [2.45, 2.75) is 18.9 Å². The number of pyridine rings is 2. The number of fused-ring (bicyclic) bond motifs is 1. The lowest BCUT2D eigenvalue weighted by Gasteiger charge is -2.32. The molecular weight excluding hydrogens is 466 g/mol. The number of ketones is 1. The van der Waals surface area contributed by atoms with Gasteiger partial charge in [-0.15, -0.1) is 0 Å². The van der Waals surface area contributed by atoms with Gasteiger partial charge in [-0.3, -0.25) is 9.59 Å². The highest BCUT2D eigenvalue weighted by atomic mass is 35.5. The Balaban J connectivity index is 1.19. The first-order valence-corrected chi connectivity index (χ1v) is 11.8. The van der Waals surface area contributed by atoms with Gasteiger partial charge in [0.15, 0.2) is 5.78 Å². The number of anilines is 1. The van der Waals surface area contributed by atoms with E-state index >= 15 is 0 Å². The number of carbonyl (C=O) groups excluding carboxylic acids is 2. The van der Waals surface area contributed by atoms with E-state index in [1.807, 2.05) is 24.3 Å². The SMILES string of the molecule is O=C(c1ccc2c(Cl)c[nH]c2c1)c1cccnc1NCC(=O)N1CCC(Oc2ccccn2)CC1. The summed E-state index contributed by atoms with van der Waals surface area (Å²) in [6.07, 6.45) is 6.49. The molecule has 0 aliphatic carbocycles. The highest BCUT2D eigenvalue weighted by molar-refractivity contribution is 6.35. The number of aromatic amines is 1. The van der Waals surface area contributed by atoms with Crippen LogP contribution >= 0.6 is 11.6 Å². The molecule has 0 unspecified atom stereocenters. The van der Waals surface area contributed by atoms with E-state index in [-0.39, 0.29) is 24.3 Å². The third kappa shape index (κ3) is 5.12. The molecule has 1 amide bonds. The number of H-pyrrole nitrogens is 1. The summed E-state index contributed by atoms with van der Waals surface area (Å²) >= 11 is 6.14. The van der Waals surface area contributed by atoms with Crippen molar-refractivity contribution in [3.63, 3.8) is 0 Å². The number of carbonyl (C=O) groups is 2. The van der Waals surface area contributed by atoms with Crippen LogP contribution in [0.5, 0.6) is 5.88 Å². The second-order valence-corrected chi connectivity index (χ2v) is 8.75. The van der Waals surface area contributed by atoms with Crippen LogP contribution in [0.2, 0.25) is 5.02 Å². The predicted octanol–water partition coefficient (Wildman–Crippen LogP) is 4.32. The molecule has 9 heteroatoms. The Bertz CT molecular complexity index is 1350. The van der Waals surface area contributed by atoms with Crippen LogP contribution in [0.3, 0.4) is 0 Å². The highest BCUT2D eigenvalue weighted by Crippen LogP contribution is 2.26. The fraction of sp³-hybridized carbons (Fsp3) is 0.231. The highest BCUT2D eigenvalue weighted by Gasteiger charge is 2.24. The molecule has 178 valence electrons. The summed E-state index contributed by atoms with van der Waals surface area (Å²) in [5, 5.41) is 4.52. The minimum atomic E-state index is -0.187. The number of piperidine rings is 1. The van der Waals surface area contributed by atoms with E-state index in [0.29, 0.717) is 40.9 Å². The molecule has 4 aromatic rings. The van der Waals surface area contributed by atoms with Crippen molar-refractivity contribution >= 4 is 40.0 Å². The average Bonchev–Trinajstić information content (AvgIpc) is 3.28. The van der Waals surface area contributed by atoms with E-state index in [4.69, 9.17) is 16.3 Å². The molecular formula is C26H24ClN5O3. The van der Waals surface area contributed by atoms with Crippen molar-refractivity contribution < 1.29 is 14.3 Å². The maximum Gasteiger partial charge on any atom is 0.241 e. The molecule has 5 rings (SSSR count). The van der Waals surface area contributed by atoms with Crippen molar-refractivity contribution in [3.05, 3.63) is 83.3 Å². The Morgan fingerprint density at radius 1 is 1.09 bits per heavy atom. The number of benzene rings is 1. The minimum absolute atomic E-state index is 0.0359. The second-order valence-electron chi connectivity index (χ2n) is 8.35. The van der Waals surface area contributed by atoms with Gasteiger partial charge < -0.3 is 19.9 Å². The topological polar surface area (TPSA) is 100 Å². The predicted molar refractivity (Wildman–Crippen MR) is 134 cm³/mol. The van der Waals surface area contributed by atoms with Crippen molar-refractivity contribution in [2.75, 3.05) is 25.0 Å². The normalized spacial score (nSPS) is 14.1. The van der Waals surface area contributed by atoms with Crippen LogP contribution in [0.15, 0.2) is 67.1 Å². The van der Waals surface area contributed by atoms with Crippen LogP contribution in [0.1, 0.15) is 28.8 Å². The van der Waals surface area contributed by atoms with Crippen molar-refractivity contribution in [1.82, 2.24) is 19.9 Å². The number of aromatic nitrogens is 3. The first-order valence-electron chi connectivity index (χ1n) is 11.4. The number of halogens is 1. The van der Waals surface area contributed by atoms with E-state index in [1.165, 1.54) is 0 Å². The molecule has 1 aliphatic rings. The monoisotopic (exact) mass is 489 g/mol. The van der Waals surface area contributed by atoms with Gasteiger partial charge in [0.1, 0.15) is 11.9 Å². The van der Waals surface area contributed by atoms with Gasteiger partial charge in [0, 0.05) is 67.1 Å². The van der Waals surface area contributed by atoms with E-state index in [9.17, 15) is 9.59 Å². The van der Waals surface area contributed by atoms with Gasteiger partial charge in [-0.2, -0.15) is 0 Å². The van der Waals surface area contributed by atoms with Gasteiger partial charge in [-0.05, 0) is 24.3 Å². The number of ether oxygens (including phenoxy) is 1. The fourth-order valence-electron chi connectivity index (χ4n) is 4.20. The van der Waals surface area contributed by atoms with Gasteiger partial charge in [0.25, 0.3) is 0 Å². The zero-order chi connectivity index (χ0) is 24.2. The summed E-state index contributed by atoms with van der Waals surface area (Å²) < 4.78 is 5.90. The van der Waals surface area contributed by atoms with E-state index < -0.39 is 0 Å². The number of rotatable bonds is 7. The summed E-state index contributed by atoms with van der Waals surface area (Å²) in [5.41, 5.74) is 1.69. The lowest BCUT2D eigenvalue weighted by Crippen LogP contribution is -2.44. The quantitative estimate of drug-likeness (QED) is 0.375. The Kier molecular flexibility index (Phi) is 6.63. The number of nitrogens with zero attached hydrogens (tertiary/aromatic N) is 3. The van der Waals surface area contributed by atoms with Gasteiger partial charge in [-0.25, -0.2) is 9.97 Å². The lowest BCUT2D eigenvalue weighted by atomic mass is 10.0. The summed E-state index contributed by atoms with van der Waals surface area (Å²) in [5.74, 6) is 0.745. The summed E-state index contributed by atoms with van der Waals surface area (Å²) in [6.45, 7) is 1.25. The zero-order valence-corrected chi connectivity index (χ0v) is 19.7. The van der Waals surface area contributed by atoms with E-state index in [1.54, 1.807) is 47.8 Å². The number of likely N-dealkylation sites (tertiary alicyclic amines) is 1. The van der Waals surface area contributed by atoms with Gasteiger partial charge >= 0.3 is 0 Å². The van der Waals surface area contributed by atoms with Gasteiger partial charge in [-0.1, -0.05) is 29.8 Å². The Labute approximate surface area is 207 Å². The molecule has 8 nitrogen and oxygen atoms in total. The molecule has 0 spiro atoms. The molecule has 0 bridgehead atoms. The number of hydrogen-bond acceptors (Lipinski definition) is 6. The first kappa shape index (κ1) is 22.9. The summed E-state index contributed by atoms with van der Waals surface area (Å²) in [7, 11) is 0. The molecule has 1 saturated heterocycles. The number of hydrogen-bond donors (Lipinski definition) is 2. The molecule has 3 aromatic heterocycles. The standard InChI is InChI=1S/C26H24ClN5O3/c27-21-15-30-22-14-17(6-7-19(21)22)25(34)20-4-3-11-29-26(20)31-16-24(33)32-12-8-18(9-13-32)35-23-5-1-2-10-28-23/h1-7,10-11,14-15,18,30H,8-9,12-13,16H2,(H,29,31). The molecule has 1 aromatic carbocycles. The summed E-state index contributed by atoms with van der Waals surface area (Å²) in [6, 6.07) is 14.3. The maximum absolute atomic E-state index is 13.2. The third-order valence-electron chi connectivity index (χ3n) is 6.07. The molecule has 1 aliphatic heterocycles. The summed E-state index contributed by atoms with van der Waals surface area (Å²) in [4.78, 5) is 39.4. The van der Waals surface area contributed by atoms with Crippen LogP contribution in [0, 0.1) is 0 Å². The van der Waals surface area contributed by atoms with Gasteiger partial charge in [0.05, 0.1) is 17.1 Å². The van der Waals surface area contributed by atoms with E-state index in [0.717, 1.165) is 23.7 Å². The smallest absolute Gasteiger partial charge is 0.241 e. The number of amides is 1. The van der Waals surface area contributed by atoms with E-state index in [2.05, 4.69) is 20.3 Å². The third-order valence-corrected chi connectivity index (χ3v) is 6.39. The Morgan fingerprint density at radius 3 is 2.71 bits per heavy atom. The Morgan fingerprint density at radius 2 is 1.91 bits per heavy atom. The van der Waals surface area contributed by atoms with Crippen LogP contribution in [0.25, 0.3) is 10.9 Å². The molecule has 0 atom stereocenters. The lowest BCUT2D eigenvalue weighted by molar-refractivity contribution is -0.131. The molecule has 2 N–H and O–H groups in total. The average molecular weight is 490 g/mol. The van der Waals surface area contributed by atoms with Crippen molar-refractivity contribution in [2.24, 2.45) is 0 Å². The largest absolute Gasteiger partial charge is 0.474 e.